The van der Waals surface area contributed by atoms with Crippen LogP contribution in [0.15, 0.2) is 24.3 Å². The highest BCUT2D eigenvalue weighted by molar-refractivity contribution is 5.91. The van der Waals surface area contributed by atoms with Crippen molar-refractivity contribution in [3.05, 3.63) is 29.8 Å². The van der Waals surface area contributed by atoms with Crippen molar-refractivity contribution in [3.63, 3.8) is 0 Å². The number of nitrogens with one attached hydrogen (secondary N) is 1. The second kappa shape index (κ2) is 5.54. The number of nitrogens with zero attached hydrogens (tertiary/aromatic N) is 1. The van der Waals surface area contributed by atoms with Crippen molar-refractivity contribution >= 4 is 11.7 Å². The van der Waals surface area contributed by atoms with E-state index in [2.05, 4.69) is 31.3 Å². The molecule has 0 aliphatic heterocycles. The van der Waals surface area contributed by atoms with Gasteiger partial charge in [0.2, 0.25) is 0 Å². The van der Waals surface area contributed by atoms with Gasteiger partial charge in [-0.25, -0.2) is 4.79 Å². The van der Waals surface area contributed by atoms with E-state index in [9.17, 15) is 4.79 Å². The van der Waals surface area contributed by atoms with Gasteiger partial charge >= 0.3 is 6.03 Å². The van der Waals surface area contributed by atoms with E-state index in [1.807, 2.05) is 12.1 Å². The third kappa shape index (κ3) is 3.26. The highest BCUT2D eigenvalue weighted by Crippen LogP contribution is 2.16. The Balaban J connectivity index is 2.74. The summed E-state index contributed by atoms with van der Waals surface area (Å²) in [5, 5.41) is 2.60. The molecular weight excluding hydrogens is 200 g/mol. The molecular formula is C13H20N2O. The van der Waals surface area contributed by atoms with E-state index >= 15 is 0 Å². The molecule has 0 aromatic heterocycles. The van der Waals surface area contributed by atoms with E-state index in [0.717, 1.165) is 12.1 Å². The fraction of sp³-hybridized carbons (Fsp3) is 0.462. The molecule has 16 heavy (non-hydrogen) atoms. The van der Waals surface area contributed by atoms with Crippen LogP contribution in [0.4, 0.5) is 10.5 Å². The fourth-order valence-electron chi connectivity index (χ4n) is 1.61. The first-order chi connectivity index (χ1) is 7.54. The van der Waals surface area contributed by atoms with E-state index in [1.165, 1.54) is 5.56 Å². The molecule has 0 aliphatic carbocycles. The van der Waals surface area contributed by atoms with Crippen molar-refractivity contribution in [3.8, 4) is 0 Å². The van der Waals surface area contributed by atoms with E-state index in [1.54, 1.807) is 19.0 Å². The molecule has 1 N–H and O–H groups in total. The molecule has 88 valence electrons. The number of rotatable bonds is 3. The van der Waals surface area contributed by atoms with Gasteiger partial charge in [0.25, 0.3) is 0 Å². The molecule has 1 aromatic carbocycles. The number of carbonyl (C=O) groups excluding carboxylic acids is 1. The number of anilines is 1. The minimum Gasteiger partial charge on any atom is -0.341 e. The Kier molecular flexibility index (Phi) is 4.35. The van der Waals surface area contributed by atoms with Crippen LogP contribution in [0.3, 0.4) is 0 Å². The fourth-order valence-corrected chi connectivity index (χ4v) is 1.61. The Morgan fingerprint density at radius 2 is 1.88 bits per heavy atom. The molecule has 0 heterocycles. The van der Waals surface area contributed by atoms with Crippen molar-refractivity contribution in [1.29, 1.82) is 0 Å². The summed E-state index contributed by atoms with van der Waals surface area (Å²) in [6.07, 6.45) is 1.07. The Labute approximate surface area is 97.5 Å². The van der Waals surface area contributed by atoms with Crippen LogP contribution in [0.2, 0.25) is 0 Å². The van der Waals surface area contributed by atoms with E-state index in [4.69, 9.17) is 0 Å². The molecule has 0 atom stereocenters. The monoisotopic (exact) mass is 220 g/mol. The SMILES string of the molecule is CNC(=O)N(C)c1ccc(CC(C)C)cc1. The van der Waals surface area contributed by atoms with Gasteiger partial charge in [0.15, 0.2) is 0 Å². The molecule has 0 bridgehead atoms. The van der Waals surface area contributed by atoms with Gasteiger partial charge in [-0.05, 0) is 30.0 Å². The molecule has 3 heteroatoms. The molecule has 3 nitrogen and oxygen atoms in total. The lowest BCUT2D eigenvalue weighted by molar-refractivity contribution is 0.249. The Morgan fingerprint density at radius 3 is 2.31 bits per heavy atom. The summed E-state index contributed by atoms with van der Waals surface area (Å²) >= 11 is 0. The van der Waals surface area contributed by atoms with Gasteiger partial charge in [0.05, 0.1) is 0 Å². The van der Waals surface area contributed by atoms with Gasteiger partial charge in [0, 0.05) is 19.8 Å². The Morgan fingerprint density at radius 1 is 1.31 bits per heavy atom. The number of urea groups is 1. The van der Waals surface area contributed by atoms with E-state index in [-0.39, 0.29) is 6.03 Å². The van der Waals surface area contributed by atoms with Crippen LogP contribution in [0.1, 0.15) is 19.4 Å². The number of amides is 2. The second-order valence-electron chi connectivity index (χ2n) is 4.38. The highest BCUT2D eigenvalue weighted by atomic mass is 16.2. The van der Waals surface area contributed by atoms with Crippen LogP contribution >= 0.6 is 0 Å². The predicted octanol–water partition coefficient (Wildman–Crippen LogP) is 2.66. The molecule has 1 rings (SSSR count). The summed E-state index contributed by atoms with van der Waals surface area (Å²) in [5.41, 5.74) is 2.22. The summed E-state index contributed by atoms with van der Waals surface area (Å²) in [6, 6.07) is 8.01. The van der Waals surface area contributed by atoms with E-state index in [0.29, 0.717) is 5.92 Å². The first-order valence-corrected chi connectivity index (χ1v) is 5.59. The average molecular weight is 220 g/mol. The lowest BCUT2D eigenvalue weighted by Crippen LogP contribution is -2.34. The van der Waals surface area contributed by atoms with Crippen LogP contribution in [0, 0.1) is 5.92 Å². The highest BCUT2D eigenvalue weighted by Gasteiger charge is 2.08. The summed E-state index contributed by atoms with van der Waals surface area (Å²) in [6.45, 7) is 4.40. The predicted molar refractivity (Wildman–Crippen MR) is 67.8 cm³/mol. The Bertz CT molecular complexity index is 343. The summed E-state index contributed by atoms with van der Waals surface area (Å²) in [7, 11) is 3.39. The van der Waals surface area contributed by atoms with Gasteiger partial charge in [0.1, 0.15) is 0 Å². The molecule has 0 fully saturated rings. The number of hydrogen-bond donors (Lipinski definition) is 1. The smallest absolute Gasteiger partial charge is 0.321 e. The molecule has 0 saturated carbocycles. The van der Waals surface area contributed by atoms with Crippen molar-refractivity contribution < 1.29 is 4.79 Å². The van der Waals surface area contributed by atoms with Crippen LogP contribution in [-0.2, 0) is 6.42 Å². The minimum absolute atomic E-state index is 0.100. The first-order valence-electron chi connectivity index (χ1n) is 5.59. The first kappa shape index (κ1) is 12.6. The zero-order chi connectivity index (χ0) is 12.1. The maximum Gasteiger partial charge on any atom is 0.321 e. The molecule has 0 radical (unpaired) electrons. The molecule has 0 aliphatic rings. The molecule has 0 unspecified atom stereocenters. The standard InChI is InChI=1S/C13H20N2O/c1-10(2)9-11-5-7-12(8-6-11)15(4)13(16)14-3/h5-8,10H,9H2,1-4H3,(H,14,16). The van der Waals surface area contributed by atoms with Crippen molar-refractivity contribution in [2.75, 3.05) is 19.0 Å². The minimum atomic E-state index is -0.100. The lowest BCUT2D eigenvalue weighted by atomic mass is 10.0. The van der Waals surface area contributed by atoms with Crippen LogP contribution in [-0.4, -0.2) is 20.1 Å². The van der Waals surface area contributed by atoms with Crippen LogP contribution < -0.4 is 10.2 Å². The summed E-state index contributed by atoms with van der Waals surface area (Å²) in [4.78, 5) is 13.0. The Hall–Kier alpha value is -1.51. The summed E-state index contributed by atoms with van der Waals surface area (Å²) < 4.78 is 0. The van der Waals surface area contributed by atoms with Crippen molar-refractivity contribution in [1.82, 2.24) is 5.32 Å². The van der Waals surface area contributed by atoms with Crippen LogP contribution in [0.5, 0.6) is 0 Å². The maximum absolute atomic E-state index is 11.4. The van der Waals surface area contributed by atoms with Gasteiger partial charge < -0.3 is 5.32 Å². The quantitative estimate of drug-likeness (QED) is 0.834. The topological polar surface area (TPSA) is 32.3 Å². The molecule has 0 spiro atoms. The molecule has 0 saturated heterocycles. The number of benzene rings is 1. The lowest BCUT2D eigenvalue weighted by Gasteiger charge is -2.17. The average Bonchev–Trinajstić information content (AvgIpc) is 2.27. The van der Waals surface area contributed by atoms with Gasteiger partial charge in [-0.3, -0.25) is 4.90 Å². The maximum atomic E-state index is 11.4. The number of carbonyl (C=O) groups is 1. The number of hydrogen-bond acceptors (Lipinski definition) is 1. The zero-order valence-corrected chi connectivity index (χ0v) is 10.4. The zero-order valence-electron chi connectivity index (χ0n) is 10.4. The third-order valence-corrected chi connectivity index (χ3v) is 2.49. The van der Waals surface area contributed by atoms with Crippen molar-refractivity contribution in [2.45, 2.75) is 20.3 Å². The molecule has 2 amide bonds. The largest absolute Gasteiger partial charge is 0.341 e. The molecule has 1 aromatic rings. The van der Waals surface area contributed by atoms with Gasteiger partial charge in [-0.1, -0.05) is 26.0 Å². The normalized spacial score (nSPS) is 10.3. The third-order valence-electron chi connectivity index (χ3n) is 2.49. The van der Waals surface area contributed by atoms with Crippen molar-refractivity contribution in [2.24, 2.45) is 5.92 Å². The van der Waals surface area contributed by atoms with E-state index < -0.39 is 0 Å². The van der Waals surface area contributed by atoms with Crippen LogP contribution in [0.25, 0.3) is 0 Å². The van der Waals surface area contributed by atoms with Gasteiger partial charge in [-0.2, -0.15) is 0 Å². The summed E-state index contributed by atoms with van der Waals surface area (Å²) in [5.74, 6) is 0.655. The second-order valence-corrected chi connectivity index (χ2v) is 4.38. The van der Waals surface area contributed by atoms with Gasteiger partial charge in [-0.15, -0.1) is 0 Å².